The summed E-state index contributed by atoms with van der Waals surface area (Å²) in [6, 6.07) is 8.31. The predicted octanol–water partition coefficient (Wildman–Crippen LogP) is 2.43. The van der Waals surface area contributed by atoms with Crippen LogP contribution in [0.25, 0.3) is 10.9 Å². The molecule has 160 valence electrons. The second kappa shape index (κ2) is 9.38. The number of hydrogen-bond acceptors (Lipinski definition) is 5. The lowest BCUT2D eigenvalue weighted by Gasteiger charge is -2.36. The van der Waals surface area contributed by atoms with Crippen molar-refractivity contribution in [1.29, 1.82) is 0 Å². The van der Waals surface area contributed by atoms with Gasteiger partial charge in [0.2, 0.25) is 15.6 Å². The van der Waals surface area contributed by atoms with Crippen molar-refractivity contribution < 1.29 is 13.2 Å². The topological polar surface area (TPSA) is 82.7 Å². The van der Waals surface area contributed by atoms with Crippen LogP contribution in [0, 0.1) is 0 Å². The lowest BCUT2D eigenvalue weighted by Crippen LogP contribution is -2.45. The zero-order valence-electron chi connectivity index (χ0n) is 17.4. The molecule has 8 heteroatoms. The van der Waals surface area contributed by atoms with Crippen molar-refractivity contribution >= 4 is 20.9 Å². The number of nitrogens with zero attached hydrogens (tertiary/aromatic N) is 2. The molecule has 1 saturated heterocycles. The molecular weight excluding hydrogens is 390 g/mol. The van der Waals surface area contributed by atoms with E-state index in [1.807, 2.05) is 13.8 Å². The van der Waals surface area contributed by atoms with Crippen molar-refractivity contribution in [1.82, 2.24) is 14.2 Å². The van der Waals surface area contributed by atoms with E-state index in [0.717, 1.165) is 32.4 Å². The lowest BCUT2D eigenvalue weighted by molar-refractivity contribution is 0.0667. The molecule has 0 aliphatic carbocycles. The molecule has 29 heavy (non-hydrogen) atoms. The number of sulfonamides is 1. The number of nitrogens with one attached hydrogen (secondary N) is 1. The summed E-state index contributed by atoms with van der Waals surface area (Å²) in [5.74, 6) is 0. The number of aromatic amines is 1. The molecule has 0 unspecified atom stereocenters. The molecule has 1 aromatic carbocycles. The molecule has 1 fully saturated rings. The van der Waals surface area contributed by atoms with Crippen LogP contribution in [0.4, 0.5) is 0 Å². The van der Waals surface area contributed by atoms with E-state index >= 15 is 0 Å². The molecule has 1 aliphatic heterocycles. The SMILES string of the molecule is CC(C)OCCCN(C)C1CCN(S(=O)(=O)c2ccc3[nH]c(=O)ccc3c2)CC1. The zero-order valence-corrected chi connectivity index (χ0v) is 18.2. The highest BCUT2D eigenvalue weighted by Crippen LogP contribution is 2.24. The molecule has 0 atom stereocenters. The number of hydrogen-bond donors (Lipinski definition) is 1. The second-order valence-electron chi connectivity index (χ2n) is 7.96. The zero-order chi connectivity index (χ0) is 21.0. The normalized spacial score (nSPS) is 16.9. The maximum absolute atomic E-state index is 13.1. The van der Waals surface area contributed by atoms with Crippen LogP contribution < -0.4 is 5.56 Å². The van der Waals surface area contributed by atoms with E-state index in [9.17, 15) is 13.2 Å². The van der Waals surface area contributed by atoms with Gasteiger partial charge in [0.1, 0.15) is 0 Å². The van der Waals surface area contributed by atoms with Gasteiger partial charge in [-0.2, -0.15) is 4.31 Å². The third-order valence-corrected chi connectivity index (χ3v) is 7.38. The third kappa shape index (κ3) is 5.45. The van der Waals surface area contributed by atoms with Gasteiger partial charge in [-0.3, -0.25) is 4.79 Å². The molecule has 3 rings (SSSR count). The molecule has 2 heterocycles. The highest BCUT2D eigenvalue weighted by molar-refractivity contribution is 7.89. The van der Waals surface area contributed by atoms with Gasteiger partial charge in [0.05, 0.1) is 11.0 Å². The fraction of sp³-hybridized carbons (Fsp3) is 0.571. The van der Waals surface area contributed by atoms with E-state index in [2.05, 4.69) is 16.9 Å². The Bertz CT molecular complexity index is 979. The minimum Gasteiger partial charge on any atom is -0.379 e. The van der Waals surface area contributed by atoms with Gasteiger partial charge in [-0.15, -0.1) is 0 Å². The molecule has 1 aliphatic rings. The smallest absolute Gasteiger partial charge is 0.248 e. The molecule has 1 aromatic heterocycles. The Kier molecular flexibility index (Phi) is 7.10. The van der Waals surface area contributed by atoms with Crippen LogP contribution in [0.1, 0.15) is 33.1 Å². The fourth-order valence-corrected chi connectivity index (χ4v) is 5.29. The van der Waals surface area contributed by atoms with E-state index in [-0.39, 0.29) is 16.6 Å². The molecule has 0 radical (unpaired) electrons. The number of aromatic nitrogens is 1. The Morgan fingerprint density at radius 3 is 2.62 bits per heavy atom. The van der Waals surface area contributed by atoms with Gasteiger partial charge >= 0.3 is 0 Å². The van der Waals surface area contributed by atoms with Crippen molar-refractivity contribution in [3.05, 3.63) is 40.7 Å². The third-order valence-electron chi connectivity index (χ3n) is 5.49. The molecule has 2 aromatic rings. The first-order chi connectivity index (χ1) is 13.8. The first-order valence-electron chi connectivity index (χ1n) is 10.2. The Morgan fingerprint density at radius 2 is 1.93 bits per heavy atom. The van der Waals surface area contributed by atoms with Crippen molar-refractivity contribution in [2.45, 2.75) is 50.2 Å². The van der Waals surface area contributed by atoms with Gasteiger partial charge in [0.25, 0.3) is 0 Å². The molecular formula is C21H31N3O4S. The maximum atomic E-state index is 13.1. The van der Waals surface area contributed by atoms with Gasteiger partial charge in [0, 0.05) is 43.9 Å². The summed E-state index contributed by atoms with van der Waals surface area (Å²) < 4.78 is 33.3. The lowest BCUT2D eigenvalue weighted by atomic mass is 10.1. The predicted molar refractivity (Wildman–Crippen MR) is 115 cm³/mol. The van der Waals surface area contributed by atoms with Gasteiger partial charge < -0.3 is 14.6 Å². The summed E-state index contributed by atoms with van der Waals surface area (Å²) in [7, 11) is -1.43. The molecule has 0 saturated carbocycles. The van der Waals surface area contributed by atoms with Crippen LogP contribution in [0.5, 0.6) is 0 Å². The highest BCUT2D eigenvalue weighted by Gasteiger charge is 2.30. The minimum atomic E-state index is -3.54. The monoisotopic (exact) mass is 421 g/mol. The average Bonchev–Trinajstić information content (AvgIpc) is 2.70. The molecule has 1 N–H and O–H groups in total. The highest BCUT2D eigenvalue weighted by atomic mass is 32.2. The Morgan fingerprint density at radius 1 is 1.21 bits per heavy atom. The van der Waals surface area contributed by atoms with Crippen LogP contribution in [0.2, 0.25) is 0 Å². The summed E-state index contributed by atoms with van der Waals surface area (Å²) in [6.07, 6.45) is 2.87. The van der Waals surface area contributed by atoms with Crippen LogP contribution in [-0.4, -0.2) is 68.0 Å². The Balaban J connectivity index is 1.59. The molecule has 0 amide bonds. The standard InChI is InChI=1S/C21H31N3O4S/c1-16(2)28-14-4-11-23(3)18-9-12-24(13-10-18)29(26,27)19-6-7-20-17(15-19)5-8-21(25)22-20/h5-8,15-16,18H,4,9-14H2,1-3H3,(H,22,25). The maximum Gasteiger partial charge on any atom is 0.248 e. The fourth-order valence-electron chi connectivity index (χ4n) is 3.78. The first kappa shape index (κ1) is 22.0. The van der Waals surface area contributed by atoms with E-state index < -0.39 is 10.0 Å². The largest absolute Gasteiger partial charge is 0.379 e. The van der Waals surface area contributed by atoms with Gasteiger partial charge in [0.15, 0.2) is 0 Å². The van der Waals surface area contributed by atoms with E-state index in [1.54, 1.807) is 28.6 Å². The van der Waals surface area contributed by atoms with E-state index in [0.29, 0.717) is 30.0 Å². The minimum absolute atomic E-state index is 0.199. The van der Waals surface area contributed by atoms with Crippen LogP contribution >= 0.6 is 0 Å². The summed E-state index contributed by atoms with van der Waals surface area (Å²) in [6.45, 7) is 6.81. The summed E-state index contributed by atoms with van der Waals surface area (Å²) >= 11 is 0. The molecule has 0 bridgehead atoms. The van der Waals surface area contributed by atoms with Crippen molar-refractivity contribution in [3.8, 4) is 0 Å². The first-order valence-corrected chi connectivity index (χ1v) is 11.7. The van der Waals surface area contributed by atoms with Crippen molar-refractivity contribution in [2.75, 3.05) is 33.3 Å². The number of rotatable bonds is 8. The number of fused-ring (bicyclic) bond motifs is 1. The summed E-state index contributed by atoms with van der Waals surface area (Å²) in [5.41, 5.74) is 0.438. The van der Waals surface area contributed by atoms with Gasteiger partial charge in [-0.25, -0.2) is 8.42 Å². The number of ether oxygens (including phenoxy) is 1. The quantitative estimate of drug-likeness (QED) is 0.662. The van der Waals surface area contributed by atoms with Crippen molar-refractivity contribution in [3.63, 3.8) is 0 Å². The Labute approximate surface area is 172 Å². The number of pyridine rings is 1. The van der Waals surface area contributed by atoms with Crippen LogP contribution in [0.3, 0.4) is 0 Å². The number of benzene rings is 1. The summed E-state index contributed by atoms with van der Waals surface area (Å²) in [4.78, 5) is 16.7. The second-order valence-corrected chi connectivity index (χ2v) is 9.90. The van der Waals surface area contributed by atoms with Crippen LogP contribution in [-0.2, 0) is 14.8 Å². The van der Waals surface area contributed by atoms with Gasteiger partial charge in [-0.05, 0) is 69.8 Å². The number of H-pyrrole nitrogens is 1. The van der Waals surface area contributed by atoms with E-state index in [4.69, 9.17) is 4.74 Å². The number of piperidine rings is 1. The van der Waals surface area contributed by atoms with E-state index in [1.165, 1.54) is 6.07 Å². The molecule has 0 spiro atoms. The Hall–Kier alpha value is -1.74. The van der Waals surface area contributed by atoms with Crippen molar-refractivity contribution in [2.24, 2.45) is 0 Å². The average molecular weight is 422 g/mol. The molecule has 7 nitrogen and oxygen atoms in total. The summed E-state index contributed by atoms with van der Waals surface area (Å²) in [5, 5.41) is 0.712. The van der Waals surface area contributed by atoms with Crippen LogP contribution in [0.15, 0.2) is 40.0 Å². The van der Waals surface area contributed by atoms with Gasteiger partial charge in [-0.1, -0.05) is 0 Å².